The Bertz CT molecular complexity index is 1480. The van der Waals surface area contributed by atoms with E-state index in [1.165, 1.54) is 6.92 Å². The molecule has 1 saturated heterocycles. The molecule has 1 N–H and O–H groups in total. The number of rotatable bonds is 8. The lowest BCUT2D eigenvalue weighted by atomic mass is 9.84. The van der Waals surface area contributed by atoms with E-state index in [9.17, 15) is 9.59 Å². The van der Waals surface area contributed by atoms with Gasteiger partial charge in [-0.15, -0.1) is 11.8 Å². The summed E-state index contributed by atoms with van der Waals surface area (Å²) < 4.78 is 6.95. The van der Waals surface area contributed by atoms with E-state index < -0.39 is 22.7 Å². The second kappa shape index (κ2) is 10.4. The molecule has 5 aromatic rings. The van der Waals surface area contributed by atoms with Crippen LogP contribution < -0.4 is 5.32 Å². The molecule has 0 radical (unpaired) electrons. The number of aromatic nitrogens is 3. The Kier molecular flexibility index (Phi) is 6.62. The summed E-state index contributed by atoms with van der Waals surface area (Å²) in [5.74, 6) is -1.30. The molecule has 8 heteroatoms. The van der Waals surface area contributed by atoms with Crippen molar-refractivity contribution in [2.45, 2.75) is 23.1 Å². The van der Waals surface area contributed by atoms with E-state index in [4.69, 9.17) is 4.74 Å². The molecule has 0 bridgehead atoms. The van der Waals surface area contributed by atoms with Crippen LogP contribution in [0.3, 0.4) is 0 Å². The van der Waals surface area contributed by atoms with Gasteiger partial charge < -0.3 is 14.5 Å². The maximum atomic E-state index is 13.2. The molecule has 3 aromatic carbocycles. The van der Waals surface area contributed by atoms with Crippen LogP contribution in [0.15, 0.2) is 116 Å². The van der Waals surface area contributed by atoms with Gasteiger partial charge in [0.05, 0.1) is 16.3 Å². The summed E-state index contributed by atoms with van der Waals surface area (Å²) in [6, 6.07) is 30.8. The van der Waals surface area contributed by atoms with Gasteiger partial charge in [0.15, 0.2) is 11.8 Å². The lowest BCUT2D eigenvalue weighted by Gasteiger charge is -2.46. The van der Waals surface area contributed by atoms with Crippen LogP contribution in [0.4, 0.5) is 0 Å². The monoisotopic (exact) mass is 534 g/mol. The van der Waals surface area contributed by atoms with Crippen molar-refractivity contribution in [2.24, 2.45) is 5.92 Å². The van der Waals surface area contributed by atoms with Crippen LogP contribution in [0.1, 0.15) is 35.4 Å². The normalized spacial score (nSPS) is 17.7. The third-order valence-electron chi connectivity index (χ3n) is 6.95. The number of imidazole rings is 1. The van der Waals surface area contributed by atoms with Crippen LogP contribution >= 0.6 is 11.8 Å². The Labute approximate surface area is 230 Å². The van der Waals surface area contributed by atoms with E-state index >= 15 is 0 Å². The average Bonchev–Trinajstić information content (AvgIpc) is 3.40. The third kappa shape index (κ3) is 4.57. The molecule has 0 saturated carbocycles. The fraction of sp³-hybridized carbons (Fsp3) is 0.161. The maximum absolute atomic E-state index is 13.2. The molecule has 3 heterocycles. The summed E-state index contributed by atoms with van der Waals surface area (Å²) in [7, 11) is 0. The van der Waals surface area contributed by atoms with Gasteiger partial charge in [-0.25, -0.2) is 4.98 Å². The van der Waals surface area contributed by atoms with Gasteiger partial charge in [0.2, 0.25) is 5.91 Å². The highest BCUT2D eigenvalue weighted by molar-refractivity contribution is 8.01. The van der Waals surface area contributed by atoms with Gasteiger partial charge in [0, 0.05) is 25.5 Å². The van der Waals surface area contributed by atoms with E-state index in [0.717, 1.165) is 16.7 Å². The number of β-lactam (4-membered cyclic amide) rings is 1. The fourth-order valence-electron chi connectivity index (χ4n) is 5.18. The number of esters is 1. The number of carbonyl (C=O) groups is 2. The van der Waals surface area contributed by atoms with E-state index in [0.29, 0.717) is 11.3 Å². The number of fused-ring (bicyclic) bond motifs is 1. The van der Waals surface area contributed by atoms with E-state index in [1.54, 1.807) is 40.9 Å². The Balaban J connectivity index is 1.47. The highest BCUT2D eigenvalue weighted by Gasteiger charge is 2.52. The van der Waals surface area contributed by atoms with E-state index in [1.807, 2.05) is 54.6 Å². The van der Waals surface area contributed by atoms with Gasteiger partial charge in [0.1, 0.15) is 11.6 Å². The van der Waals surface area contributed by atoms with Crippen molar-refractivity contribution in [1.29, 1.82) is 0 Å². The Morgan fingerprint density at radius 3 is 2.00 bits per heavy atom. The topological polar surface area (TPSA) is 85.6 Å². The van der Waals surface area contributed by atoms with Gasteiger partial charge in [-0.2, -0.15) is 0 Å². The summed E-state index contributed by atoms with van der Waals surface area (Å²) in [4.78, 5) is 34.2. The first-order valence-corrected chi connectivity index (χ1v) is 13.5. The van der Waals surface area contributed by atoms with Crippen molar-refractivity contribution < 1.29 is 14.3 Å². The second-order valence-electron chi connectivity index (χ2n) is 9.39. The first kappa shape index (κ1) is 24.9. The predicted octanol–water partition coefficient (Wildman–Crippen LogP) is 5.13. The highest BCUT2D eigenvalue weighted by Crippen LogP contribution is 2.53. The smallest absolute Gasteiger partial charge is 0.303 e. The number of thioether (sulfide) groups is 1. The number of ether oxygens (including phenoxy) is 1. The number of hydrogen-bond acceptors (Lipinski definition) is 6. The zero-order chi connectivity index (χ0) is 26.8. The molecule has 1 aliphatic heterocycles. The van der Waals surface area contributed by atoms with Crippen LogP contribution in [0.25, 0.3) is 5.65 Å². The Morgan fingerprint density at radius 1 is 0.949 bits per heavy atom. The molecule has 1 amide bonds. The minimum atomic E-state index is -0.853. The first-order valence-electron chi connectivity index (χ1n) is 12.7. The van der Waals surface area contributed by atoms with Crippen molar-refractivity contribution >= 4 is 29.3 Å². The van der Waals surface area contributed by atoms with Gasteiger partial charge in [-0.3, -0.25) is 14.6 Å². The number of amides is 1. The molecular weight excluding hydrogens is 508 g/mol. The third-order valence-corrected chi connectivity index (χ3v) is 8.68. The van der Waals surface area contributed by atoms with Crippen molar-refractivity contribution in [3.8, 4) is 0 Å². The minimum Gasteiger partial charge on any atom is -0.455 e. The molecule has 0 aliphatic carbocycles. The van der Waals surface area contributed by atoms with Gasteiger partial charge >= 0.3 is 5.97 Å². The summed E-state index contributed by atoms with van der Waals surface area (Å²) in [5.41, 5.74) is 4.36. The largest absolute Gasteiger partial charge is 0.455 e. The molecule has 0 spiro atoms. The number of benzene rings is 3. The van der Waals surface area contributed by atoms with Crippen LogP contribution in [-0.4, -0.2) is 31.6 Å². The number of carbonyl (C=O) groups excluding carboxylic acids is 2. The zero-order valence-electron chi connectivity index (χ0n) is 21.2. The summed E-state index contributed by atoms with van der Waals surface area (Å²) in [6.07, 6.45) is 5.99. The molecular formula is C31H26N4O3S. The van der Waals surface area contributed by atoms with Crippen molar-refractivity contribution in [3.63, 3.8) is 0 Å². The summed E-state index contributed by atoms with van der Waals surface area (Å²) in [6.45, 7) is 1.35. The first-order chi connectivity index (χ1) is 19.1. The van der Waals surface area contributed by atoms with Gasteiger partial charge in [-0.05, 0) is 16.7 Å². The number of nitrogens with zero attached hydrogens (tertiary/aromatic N) is 3. The quantitative estimate of drug-likeness (QED) is 0.169. The lowest BCUT2D eigenvalue weighted by Crippen LogP contribution is -2.60. The van der Waals surface area contributed by atoms with Crippen LogP contribution in [0.2, 0.25) is 0 Å². The molecule has 6 rings (SSSR count). The molecule has 3 unspecified atom stereocenters. The SMILES string of the molecule is CC(=O)OC(c1cn2ccncc2n1)C1C(=O)NC1SC(c1ccccc1)(c1ccccc1)c1ccccc1. The van der Waals surface area contributed by atoms with Crippen molar-refractivity contribution in [1.82, 2.24) is 19.7 Å². The zero-order valence-corrected chi connectivity index (χ0v) is 22.0. The fourth-order valence-corrected chi connectivity index (χ4v) is 6.96. The van der Waals surface area contributed by atoms with Gasteiger partial charge in [-0.1, -0.05) is 91.0 Å². The molecule has 1 fully saturated rings. The average molecular weight is 535 g/mol. The molecule has 3 atom stereocenters. The Morgan fingerprint density at radius 2 is 1.51 bits per heavy atom. The molecule has 7 nitrogen and oxygen atoms in total. The van der Waals surface area contributed by atoms with Crippen molar-refractivity contribution in [3.05, 3.63) is 138 Å². The molecule has 2 aromatic heterocycles. The van der Waals surface area contributed by atoms with E-state index in [-0.39, 0.29) is 11.3 Å². The van der Waals surface area contributed by atoms with Crippen molar-refractivity contribution in [2.75, 3.05) is 0 Å². The van der Waals surface area contributed by atoms with Gasteiger partial charge in [0.25, 0.3) is 0 Å². The minimum absolute atomic E-state index is 0.183. The predicted molar refractivity (Wildman–Crippen MR) is 150 cm³/mol. The highest BCUT2D eigenvalue weighted by atomic mass is 32.2. The second-order valence-corrected chi connectivity index (χ2v) is 10.7. The van der Waals surface area contributed by atoms with Crippen LogP contribution in [-0.2, 0) is 19.1 Å². The van der Waals surface area contributed by atoms with E-state index in [2.05, 4.69) is 51.7 Å². The molecule has 1 aliphatic rings. The molecule has 39 heavy (non-hydrogen) atoms. The van der Waals surface area contributed by atoms with Crippen LogP contribution in [0, 0.1) is 5.92 Å². The summed E-state index contributed by atoms with van der Waals surface area (Å²) in [5, 5.41) is 2.73. The lowest BCUT2D eigenvalue weighted by molar-refractivity contribution is -0.156. The maximum Gasteiger partial charge on any atom is 0.303 e. The summed E-state index contributed by atoms with van der Waals surface area (Å²) >= 11 is 1.64. The van der Waals surface area contributed by atoms with Crippen LogP contribution in [0.5, 0.6) is 0 Å². The standard InChI is InChI=1S/C31H26N4O3S/c1-21(36)38-28(25-20-35-18-17-32-19-26(35)33-25)27-29(37)34-30(27)39-31(22-11-5-2-6-12-22,23-13-7-3-8-14-23)24-15-9-4-10-16-24/h2-20,27-28,30H,1H3,(H,34,37). The Hall–Kier alpha value is -4.43. The number of hydrogen-bond donors (Lipinski definition) is 1. The molecule has 194 valence electrons. The number of nitrogens with one attached hydrogen (secondary N) is 1.